The molecule has 0 aliphatic carbocycles. The predicted molar refractivity (Wildman–Crippen MR) is 105 cm³/mol. The summed E-state index contributed by atoms with van der Waals surface area (Å²) in [6.45, 7) is 0. The van der Waals surface area contributed by atoms with Crippen LogP contribution in [0.15, 0.2) is 54.6 Å². The Morgan fingerprint density at radius 3 is 2.07 bits per heavy atom. The maximum Gasteiger partial charge on any atom is 0.327 e. The van der Waals surface area contributed by atoms with Crippen LogP contribution in [0.2, 0.25) is 0 Å². The molecule has 2 unspecified atom stereocenters. The minimum absolute atomic E-state index is 0.00981. The predicted octanol–water partition coefficient (Wildman–Crippen LogP) is 3.44. The van der Waals surface area contributed by atoms with E-state index >= 15 is 0 Å². The zero-order valence-corrected chi connectivity index (χ0v) is 16.0. The normalized spacial score (nSPS) is 12.9. The van der Waals surface area contributed by atoms with E-state index < -0.39 is 29.2 Å². The maximum atomic E-state index is 11.8. The molecule has 2 atom stereocenters. The summed E-state index contributed by atoms with van der Waals surface area (Å²) in [5, 5.41) is 18.2. The first-order valence-corrected chi connectivity index (χ1v) is 9.92. The molecule has 0 aromatic heterocycles. The van der Waals surface area contributed by atoms with Crippen LogP contribution >= 0.6 is 0 Å². The maximum absolute atomic E-state index is 11.8. The minimum atomic E-state index is -2.76. The summed E-state index contributed by atoms with van der Waals surface area (Å²) in [6, 6.07) is 15.0. The van der Waals surface area contributed by atoms with Crippen LogP contribution in [0.1, 0.15) is 32.1 Å². The number of rotatable bonds is 11. The molecule has 2 aromatic rings. The van der Waals surface area contributed by atoms with E-state index in [-0.39, 0.29) is 18.5 Å². The fraction of sp³-hybridized carbons (Fsp3) is 0.300. The van der Waals surface area contributed by atoms with Gasteiger partial charge in [0.2, 0.25) is 0 Å². The minimum Gasteiger partial charge on any atom is -0.755 e. The van der Waals surface area contributed by atoms with Crippen LogP contribution in [0.4, 0.5) is 5.69 Å². The van der Waals surface area contributed by atoms with E-state index in [0.717, 1.165) is 15.4 Å². The van der Waals surface area contributed by atoms with Crippen molar-refractivity contribution in [2.24, 2.45) is 0 Å². The molecule has 2 N–H and O–H groups in total. The van der Waals surface area contributed by atoms with Gasteiger partial charge in [0, 0.05) is 23.4 Å². The first-order chi connectivity index (χ1) is 13.4. The number of hydrogen-bond donors (Lipinski definition) is 2. The summed E-state index contributed by atoms with van der Waals surface area (Å²) < 4.78 is 24.4. The first kappa shape index (κ1) is 21.6. The smallest absolute Gasteiger partial charge is 0.327 e. The van der Waals surface area contributed by atoms with Gasteiger partial charge in [-0.2, -0.15) is 0 Å². The molecule has 0 saturated heterocycles. The second kappa shape index (κ2) is 10.6. The molecule has 0 aliphatic rings. The largest absolute Gasteiger partial charge is 0.755 e. The molecule has 0 spiro atoms. The van der Waals surface area contributed by atoms with Gasteiger partial charge in [0.15, 0.2) is 0 Å². The highest BCUT2D eigenvalue weighted by Gasteiger charge is 2.26. The lowest BCUT2D eigenvalue weighted by Crippen LogP contribution is -2.42. The zero-order valence-electron chi connectivity index (χ0n) is 15.2. The van der Waals surface area contributed by atoms with E-state index in [1.54, 1.807) is 24.3 Å². The van der Waals surface area contributed by atoms with Gasteiger partial charge < -0.3 is 14.8 Å². The van der Waals surface area contributed by atoms with Crippen molar-refractivity contribution >= 4 is 28.9 Å². The van der Waals surface area contributed by atoms with Crippen LogP contribution in [0.25, 0.3) is 11.1 Å². The van der Waals surface area contributed by atoms with Crippen LogP contribution < -0.4 is 4.31 Å². The summed E-state index contributed by atoms with van der Waals surface area (Å²) >= 11 is -2.76. The van der Waals surface area contributed by atoms with E-state index in [9.17, 15) is 23.5 Å². The molecule has 28 heavy (non-hydrogen) atoms. The Morgan fingerprint density at radius 2 is 1.54 bits per heavy atom. The van der Waals surface area contributed by atoms with Gasteiger partial charge in [-0.05, 0) is 36.1 Å². The average Bonchev–Trinajstić information content (AvgIpc) is 2.67. The van der Waals surface area contributed by atoms with E-state index in [2.05, 4.69) is 0 Å². The zero-order chi connectivity index (χ0) is 20.5. The van der Waals surface area contributed by atoms with Crippen LogP contribution in [0, 0.1) is 0 Å². The van der Waals surface area contributed by atoms with Crippen molar-refractivity contribution in [2.75, 3.05) is 4.31 Å². The second-order valence-corrected chi connectivity index (χ2v) is 7.13. The summed E-state index contributed by atoms with van der Waals surface area (Å²) in [7, 11) is 0. The number of carboxylic acids is 2. The lowest BCUT2D eigenvalue weighted by molar-refractivity contribution is -0.139. The molecule has 0 radical (unpaired) electrons. The van der Waals surface area contributed by atoms with E-state index in [1.807, 2.05) is 30.3 Å². The van der Waals surface area contributed by atoms with Crippen LogP contribution in [0.5, 0.6) is 0 Å². The van der Waals surface area contributed by atoms with Crippen molar-refractivity contribution in [3.8, 4) is 11.1 Å². The van der Waals surface area contributed by atoms with Crippen LogP contribution in [-0.2, 0) is 20.9 Å². The third kappa shape index (κ3) is 6.17. The molecule has 2 rings (SSSR count). The lowest BCUT2D eigenvalue weighted by Gasteiger charge is -2.32. The number of nitrogens with zero attached hydrogens (tertiary/aromatic N) is 1. The average molecular weight is 404 g/mol. The van der Waals surface area contributed by atoms with Crippen molar-refractivity contribution < 1.29 is 28.6 Å². The van der Waals surface area contributed by atoms with Gasteiger partial charge in [-0.1, -0.05) is 55.3 Å². The molecular formula is C20H22NO6S-. The highest BCUT2D eigenvalue weighted by atomic mass is 32.2. The Balaban J connectivity index is 2.13. The molecule has 7 nitrogen and oxygen atoms in total. The number of unbranched alkanes of at least 4 members (excludes halogenated alkanes) is 2. The number of hydrogen-bond acceptors (Lipinski definition) is 4. The highest BCUT2D eigenvalue weighted by Crippen LogP contribution is 2.26. The topological polar surface area (TPSA) is 118 Å². The standard InChI is InChI=1S/C20H23NO6S/c22-19(23)10-6-2-5-9-18(20(24)25)21(28(26)27)17-13-11-16(12-14-17)15-7-3-1-4-8-15/h1,3-4,7-8,11-14,18H,2,5-6,9-10H2,(H,22,23)(H,24,25)(H,26,27)/p-1. The quantitative estimate of drug-likeness (QED) is 0.437. The first-order valence-electron chi connectivity index (χ1n) is 8.89. The van der Waals surface area contributed by atoms with Gasteiger partial charge >= 0.3 is 11.9 Å². The number of benzene rings is 2. The van der Waals surface area contributed by atoms with Crippen molar-refractivity contribution in [1.82, 2.24) is 0 Å². The Labute approximate surface area is 166 Å². The molecule has 0 bridgehead atoms. The lowest BCUT2D eigenvalue weighted by atomic mass is 10.0. The van der Waals surface area contributed by atoms with Gasteiger partial charge in [0.1, 0.15) is 6.04 Å². The van der Waals surface area contributed by atoms with Crippen molar-refractivity contribution in [3.63, 3.8) is 0 Å². The fourth-order valence-electron chi connectivity index (χ4n) is 2.93. The third-order valence-electron chi connectivity index (χ3n) is 4.33. The molecule has 8 heteroatoms. The summed E-state index contributed by atoms with van der Waals surface area (Å²) in [5.74, 6) is -2.15. The van der Waals surface area contributed by atoms with Gasteiger partial charge in [-0.15, -0.1) is 0 Å². The Bertz CT molecular complexity index is 809. The van der Waals surface area contributed by atoms with Gasteiger partial charge in [-0.25, -0.2) is 4.79 Å². The summed E-state index contributed by atoms with van der Waals surface area (Å²) in [5.41, 5.74) is 2.13. The van der Waals surface area contributed by atoms with Gasteiger partial charge in [0.05, 0.1) is 0 Å². The molecule has 0 fully saturated rings. The molecule has 2 aromatic carbocycles. The molecule has 0 heterocycles. The second-order valence-electron chi connectivity index (χ2n) is 6.30. The van der Waals surface area contributed by atoms with Gasteiger partial charge in [0.25, 0.3) is 0 Å². The number of carboxylic acid groups (broad SMARTS) is 2. The fourth-order valence-corrected chi connectivity index (χ4v) is 3.63. The molecular weight excluding hydrogens is 382 g/mol. The van der Waals surface area contributed by atoms with Crippen molar-refractivity contribution in [2.45, 2.75) is 38.1 Å². The highest BCUT2D eigenvalue weighted by molar-refractivity contribution is 7.80. The van der Waals surface area contributed by atoms with E-state index in [4.69, 9.17) is 5.11 Å². The Kier molecular flexibility index (Phi) is 8.16. The third-order valence-corrected chi connectivity index (χ3v) is 5.11. The molecule has 150 valence electrons. The Morgan fingerprint density at radius 1 is 0.929 bits per heavy atom. The number of anilines is 1. The Hall–Kier alpha value is -2.71. The van der Waals surface area contributed by atoms with Crippen molar-refractivity contribution in [1.29, 1.82) is 0 Å². The number of aliphatic carboxylic acids is 2. The van der Waals surface area contributed by atoms with Crippen LogP contribution in [0.3, 0.4) is 0 Å². The molecule has 0 amide bonds. The summed E-state index contributed by atoms with van der Waals surface area (Å²) in [6.07, 6.45) is 1.47. The monoisotopic (exact) mass is 404 g/mol. The van der Waals surface area contributed by atoms with Crippen molar-refractivity contribution in [3.05, 3.63) is 54.6 Å². The van der Waals surface area contributed by atoms with Gasteiger partial charge in [-0.3, -0.25) is 13.3 Å². The van der Waals surface area contributed by atoms with Crippen LogP contribution in [-0.4, -0.2) is 37.0 Å². The molecule has 0 aliphatic heterocycles. The summed E-state index contributed by atoms with van der Waals surface area (Å²) in [4.78, 5) is 22.2. The van der Waals surface area contributed by atoms with E-state index in [1.165, 1.54) is 0 Å². The van der Waals surface area contributed by atoms with E-state index in [0.29, 0.717) is 19.3 Å². The molecule has 0 saturated carbocycles. The SMILES string of the molecule is O=C(O)CCCCCC(C(=O)O)N(c1ccc(-c2ccccc2)cc1)S(=O)[O-]. The number of carbonyl (C=O) groups is 2.